The molecule has 0 aliphatic heterocycles. The Balaban J connectivity index is 1.66. The molecule has 0 radical (unpaired) electrons. The Morgan fingerprint density at radius 3 is 1.46 bits per heavy atom. The number of hydrogen-bond donors (Lipinski definition) is 4. The topological polar surface area (TPSA) is 149 Å². The van der Waals surface area contributed by atoms with Crippen molar-refractivity contribution in [1.82, 2.24) is 19.1 Å². The van der Waals surface area contributed by atoms with Gasteiger partial charge in [-0.3, -0.25) is 20.0 Å². The molecule has 9 nitrogen and oxygen atoms in total. The zero-order valence-corrected chi connectivity index (χ0v) is 20.1. The number of nitrogens with zero attached hydrogens (tertiary/aromatic N) is 4. The van der Waals surface area contributed by atoms with E-state index in [4.69, 9.17) is 36.7 Å². The lowest BCUT2D eigenvalue weighted by Gasteiger charge is -2.07. The highest BCUT2D eigenvalue weighted by Gasteiger charge is 2.22. The molecule has 0 bridgehead atoms. The molecule has 6 N–H and O–H groups in total. The number of aromatic nitrogens is 4. The number of benzene rings is 2. The van der Waals surface area contributed by atoms with E-state index in [9.17, 15) is 0 Å². The highest BCUT2D eigenvalue weighted by molar-refractivity contribution is 5.95. The summed E-state index contributed by atoms with van der Waals surface area (Å²) in [5.41, 5.74) is 17.1. The van der Waals surface area contributed by atoms with Crippen LogP contribution in [0.5, 0.6) is 0 Å². The second kappa shape index (κ2) is 8.12. The van der Waals surface area contributed by atoms with Gasteiger partial charge >= 0.3 is 0 Å². The number of nitrogens with one attached hydrogen (secondary N) is 2. The van der Waals surface area contributed by atoms with Gasteiger partial charge in [-0.2, -0.15) is 0 Å². The smallest absolute Gasteiger partial charge is 0.199 e. The van der Waals surface area contributed by atoms with Crippen molar-refractivity contribution in [1.29, 1.82) is 10.8 Å². The molecule has 5 aromatic rings. The minimum atomic E-state index is -0.157. The number of nitrogens with two attached hydrogens (primary N) is 2. The molecule has 0 saturated heterocycles. The Labute approximate surface area is 202 Å². The first kappa shape index (κ1) is 22.4. The average molecular weight is 469 g/mol. The van der Waals surface area contributed by atoms with Gasteiger partial charge in [0.25, 0.3) is 0 Å². The normalized spacial score (nSPS) is 11.8. The third-order valence-electron chi connectivity index (χ3n) is 6.22. The van der Waals surface area contributed by atoms with Gasteiger partial charge in [0, 0.05) is 0 Å². The molecule has 2 aromatic carbocycles. The quantitative estimate of drug-likeness (QED) is 0.215. The molecule has 35 heavy (non-hydrogen) atoms. The second-order valence-corrected chi connectivity index (χ2v) is 9.28. The first-order valence-electron chi connectivity index (χ1n) is 11.5. The fourth-order valence-electron chi connectivity index (χ4n) is 4.31. The Kier molecular flexibility index (Phi) is 5.20. The summed E-state index contributed by atoms with van der Waals surface area (Å²) in [7, 11) is 0. The van der Waals surface area contributed by atoms with Crippen molar-refractivity contribution in [2.75, 3.05) is 0 Å². The van der Waals surface area contributed by atoms with E-state index in [1.165, 1.54) is 0 Å². The van der Waals surface area contributed by atoms with Gasteiger partial charge in [-0.05, 0) is 59.4 Å². The highest BCUT2D eigenvalue weighted by Crippen LogP contribution is 2.33. The Hall–Kier alpha value is -4.40. The Morgan fingerprint density at radius 2 is 1.11 bits per heavy atom. The second-order valence-electron chi connectivity index (χ2n) is 9.28. The lowest BCUT2D eigenvalue weighted by molar-refractivity contribution is 0.586. The average Bonchev–Trinajstić information content (AvgIpc) is 3.51. The van der Waals surface area contributed by atoms with E-state index in [1.807, 2.05) is 36.4 Å². The largest absolute Gasteiger partial charge is 0.450 e. The van der Waals surface area contributed by atoms with Gasteiger partial charge in [0.05, 0.1) is 22.1 Å². The molecular weight excluding hydrogens is 440 g/mol. The number of nitrogen functional groups attached to an aromatic ring is 2. The van der Waals surface area contributed by atoms with Gasteiger partial charge in [-0.1, -0.05) is 39.8 Å². The standard InChI is InChI=1S/C26H28N8O/c1-13(2)15-5-7-19-17(11-15)31-23(33(19)25(27)28)21-9-10-22(35-21)24-32-18-12-16(14(3)4)6-8-20(18)34(24)26(29)30/h5-14H,1-4H3,(H3,27,28)(H3,29,30). The molecule has 0 unspecified atom stereocenters. The molecule has 5 rings (SSSR count). The minimum absolute atomic E-state index is 0.157. The summed E-state index contributed by atoms with van der Waals surface area (Å²) in [4.78, 5) is 9.48. The maximum absolute atomic E-state index is 8.15. The number of fused-ring (bicyclic) bond motifs is 2. The van der Waals surface area contributed by atoms with E-state index in [0.29, 0.717) is 35.0 Å². The van der Waals surface area contributed by atoms with Crippen LogP contribution < -0.4 is 11.5 Å². The number of furan rings is 1. The van der Waals surface area contributed by atoms with Crippen molar-refractivity contribution in [3.63, 3.8) is 0 Å². The number of imidazole rings is 2. The van der Waals surface area contributed by atoms with Crippen molar-refractivity contribution >= 4 is 34.0 Å². The van der Waals surface area contributed by atoms with Crippen LogP contribution in [0, 0.1) is 10.8 Å². The molecule has 0 saturated carbocycles. The van der Waals surface area contributed by atoms with Crippen molar-refractivity contribution in [2.45, 2.75) is 39.5 Å². The lowest BCUT2D eigenvalue weighted by atomic mass is 10.0. The Morgan fingerprint density at radius 1 is 0.714 bits per heavy atom. The van der Waals surface area contributed by atoms with Crippen LogP contribution in [-0.4, -0.2) is 31.0 Å². The Bertz CT molecular complexity index is 1500. The summed E-state index contributed by atoms with van der Waals surface area (Å²) in [6.45, 7) is 8.48. The van der Waals surface area contributed by atoms with Crippen molar-refractivity contribution < 1.29 is 4.42 Å². The van der Waals surface area contributed by atoms with E-state index < -0.39 is 0 Å². The molecule has 0 amide bonds. The van der Waals surface area contributed by atoms with E-state index in [2.05, 4.69) is 27.7 Å². The SMILES string of the molecule is CC(C)c1ccc2c(c1)nc(-c1ccc(-c3nc4cc(C(C)C)ccc4n3C(=N)N)o1)n2C(=N)N. The van der Waals surface area contributed by atoms with E-state index in [1.54, 1.807) is 21.3 Å². The van der Waals surface area contributed by atoms with Gasteiger partial charge in [-0.25, -0.2) is 9.97 Å². The highest BCUT2D eigenvalue weighted by atomic mass is 16.3. The summed E-state index contributed by atoms with van der Waals surface area (Å²) < 4.78 is 9.30. The maximum Gasteiger partial charge on any atom is 0.199 e. The molecular formula is C26H28N8O. The van der Waals surface area contributed by atoms with Gasteiger partial charge in [-0.15, -0.1) is 0 Å². The van der Waals surface area contributed by atoms with Crippen LogP contribution in [0.3, 0.4) is 0 Å². The van der Waals surface area contributed by atoms with E-state index in [0.717, 1.165) is 33.2 Å². The van der Waals surface area contributed by atoms with Crippen molar-refractivity contribution in [2.24, 2.45) is 11.5 Å². The van der Waals surface area contributed by atoms with Crippen LogP contribution >= 0.6 is 0 Å². The third-order valence-corrected chi connectivity index (χ3v) is 6.22. The zero-order chi connectivity index (χ0) is 25.0. The first-order valence-corrected chi connectivity index (χ1v) is 11.5. The first-order chi connectivity index (χ1) is 16.7. The predicted octanol–water partition coefficient (Wildman–Crippen LogP) is 5.04. The fourth-order valence-corrected chi connectivity index (χ4v) is 4.31. The van der Waals surface area contributed by atoms with Crippen molar-refractivity contribution in [3.8, 4) is 23.2 Å². The summed E-state index contributed by atoms with van der Waals surface area (Å²) >= 11 is 0. The molecule has 0 aliphatic carbocycles. The minimum Gasteiger partial charge on any atom is -0.450 e. The lowest BCUT2D eigenvalue weighted by Crippen LogP contribution is -2.21. The molecule has 0 aliphatic rings. The number of hydrogen-bond acceptors (Lipinski definition) is 5. The van der Waals surface area contributed by atoms with Crippen LogP contribution in [0.4, 0.5) is 0 Å². The molecule has 3 heterocycles. The van der Waals surface area contributed by atoms with Crippen LogP contribution in [-0.2, 0) is 0 Å². The van der Waals surface area contributed by atoms with Crippen LogP contribution in [0.1, 0.15) is 50.7 Å². The van der Waals surface area contributed by atoms with Gasteiger partial charge in [0.1, 0.15) is 0 Å². The van der Waals surface area contributed by atoms with Crippen LogP contribution in [0.15, 0.2) is 52.9 Å². The summed E-state index contributed by atoms with van der Waals surface area (Å²) in [6.07, 6.45) is 0. The van der Waals surface area contributed by atoms with Crippen LogP contribution in [0.2, 0.25) is 0 Å². The summed E-state index contributed by atoms with van der Waals surface area (Å²) in [5, 5.41) is 16.3. The maximum atomic E-state index is 8.15. The van der Waals surface area contributed by atoms with Gasteiger partial charge in [0.15, 0.2) is 35.1 Å². The molecule has 3 aromatic heterocycles. The molecule has 0 spiro atoms. The molecule has 0 atom stereocenters. The zero-order valence-electron chi connectivity index (χ0n) is 20.1. The van der Waals surface area contributed by atoms with E-state index in [-0.39, 0.29) is 11.9 Å². The summed E-state index contributed by atoms with van der Waals surface area (Å²) in [5.74, 6) is 2.09. The molecule has 9 heteroatoms. The van der Waals surface area contributed by atoms with E-state index >= 15 is 0 Å². The van der Waals surface area contributed by atoms with Gasteiger partial charge < -0.3 is 15.9 Å². The fraction of sp³-hybridized carbons (Fsp3) is 0.231. The summed E-state index contributed by atoms with van der Waals surface area (Å²) in [6, 6.07) is 15.4. The number of rotatable bonds is 4. The van der Waals surface area contributed by atoms with Crippen molar-refractivity contribution in [3.05, 3.63) is 59.7 Å². The monoisotopic (exact) mass is 468 g/mol. The predicted molar refractivity (Wildman–Crippen MR) is 139 cm³/mol. The van der Waals surface area contributed by atoms with Crippen LogP contribution in [0.25, 0.3) is 45.2 Å². The third kappa shape index (κ3) is 3.65. The van der Waals surface area contributed by atoms with Gasteiger partial charge in [0.2, 0.25) is 0 Å². The molecule has 178 valence electrons. The molecule has 0 fully saturated rings.